The van der Waals surface area contributed by atoms with E-state index in [1.807, 2.05) is 50.2 Å². The van der Waals surface area contributed by atoms with Gasteiger partial charge in [0, 0.05) is 17.5 Å². The molecule has 0 spiro atoms. The van der Waals surface area contributed by atoms with Crippen molar-refractivity contribution in [3.8, 4) is 11.1 Å². The van der Waals surface area contributed by atoms with Crippen LogP contribution in [0.4, 0.5) is 5.82 Å². The molecule has 10 heteroatoms. The van der Waals surface area contributed by atoms with Crippen molar-refractivity contribution in [3.05, 3.63) is 71.4 Å². The van der Waals surface area contributed by atoms with Crippen molar-refractivity contribution in [1.82, 2.24) is 20.4 Å². The maximum Gasteiger partial charge on any atom is 0.289 e. The molecule has 190 valence electrons. The van der Waals surface area contributed by atoms with Gasteiger partial charge in [-0.25, -0.2) is 9.97 Å². The SMILES string of the molecule is Cc1noc(C)c1-c1ccc2nc(C(=O)NC3C[S+]([O-])C3)nc(N3CCOC[C@@H]3c3ccccc3)c2c1. The van der Waals surface area contributed by atoms with E-state index in [0.717, 1.165) is 33.5 Å². The number of nitrogens with zero attached hydrogens (tertiary/aromatic N) is 4. The number of carbonyl (C=O) groups excluding carboxylic acids is 1. The molecular formula is C27H27N5O4S. The molecule has 0 saturated carbocycles. The van der Waals surface area contributed by atoms with Crippen LogP contribution < -0.4 is 10.2 Å². The lowest BCUT2D eigenvalue weighted by molar-refractivity contribution is 0.0925. The highest BCUT2D eigenvalue weighted by molar-refractivity contribution is 7.92. The molecule has 1 N–H and O–H groups in total. The zero-order valence-corrected chi connectivity index (χ0v) is 21.5. The number of amides is 1. The van der Waals surface area contributed by atoms with Gasteiger partial charge in [0.05, 0.1) is 30.5 Å². The third-order valence-electron chi connectivity index (χ3n) is 6.89. The largest absolute Gasteiger partial charge is 0.616 e. The Morgan fingerprint density at radius 1 is 1.14 bits per heavy atom. The van der Waals surface area contributed by atoms with Crippen LogP contribution in [0, 0.1) is 13.8 Å². The Morgan fingerprint density at radius 2 is 1.95 bits per heavy atom. The fourth-order valence-corrected chi connectivity index (χ4v) is 5.99. The number of rotatable bonds is 5. The number of ether oxygens (including phenoxy) is 1. The summed E-state index contributed by atoms with van der Waals surface area (Å²) >= 11 is -0.863. The van der Waals surface area contributed by atoms with Crippen molar-refractivity contribution < 1.29 is 18.6 Å². The summed E-state index contributed by atoms with van der Waals surface area (Å²) < 4.78 is 22.8. The highest BCUT2D eigenvalue weighted by Crippen LogP contribution is 2.36. The molecule has 4 aromatic rings. The Hall–Kier alpha value is -3.47. The van der Waals surface area contributed by atoms with E-state index in [2.05, 4.69) is 32.5 Å². The van der Waals surface area contributed by atoms with Crippen LogP contribution in [-0.2, 0) is 15.9 Å². The zero-order chi connectivity index (χ0) is 25.5. The lowest BCUT2D eigenvalue weighted by Crippen LogP contribution is -2.53. The van der Waals surface area contributed by atoms with E-state index >= 15 is 0 Å². The summed E-state index contributed by atoms with van der Waals surface area (Å²) in [6.07, 6.45) is 0. The molecular weight excluding hydrogens is 490 g/mol. The Kier molecular flexibility index (Phi) is 6.31. The predicted octanol–water partition coefficient (Wildman–Crippen LogP) is 3.34. The molecule has 2 fully saturated rings. The van der Waals surface area contributed by atoms with Gasteiger partial charge in [-0.3, -0.25) is 4.79 Å². The summed E-state index contributed by atoms with van der Waals surface area (Å²) in [5.41, 5.74) is 4.48. The number of anilines is 1. The first-order chi connectivity index (χ1) is 18.0. The normalized spacial score (nSPS) is 21.6. The molecule has 6 rings (SSSR count). The van der Waals surface area contributed by atoms with Gasteiger partial charge in [0.15, 0.2) is 0 Å². The van der Waals surface area contributed by atoms with Crippen molar-refractivity contribution in [1.29, 1.82) is 0 Å². The first kappa shape index (κ1) is 23.9. The quantitative estimate of drug-likeness (QED) is 0.401. The van der Waals surface area contributed by atoms with Crippen LogP contribution in [0.3, 0.4) is 0 Å². The molecule has 0 radical (unpaired) electrons. The van der Waals surface area contributed by atoms with Crippen LogP contribution in [-0.4, -0.2) is 62.9 Å². The first-order valence-corrected chi connectivity index (χ1v) is 13.8. The van der Waals surface area contributed by atoms with Crippen molar-refractivity contribution >= 4 is 33.8 Å². The van der Waals surface area contributed by atoms with Crippen molar-refractivity contribution in [2.45, 2.75) is 25.9 Å². The van der Waals surface area contributed by atoms with E-state index in [1.165, 1.54) is 0 Å². The second kappa shape index (κ2) is 9.77. The summed E-state index contributed by atoms with van der Waals surface area (Å²) in [5.74, 6) is 2.09. The third kappa shape index (κ3) is 4.56. The average molecular weight is 518 g/mol. The molecule has 1 amide bonds. The number of carbonyl (C=O) groups is 1. The Labute approximate surface area is 217 Å². The van der Waals surface area contributed by atoms with E-state index < -0.39 is 11.2 Å². The van der Waals surface area contributed by atoms with Crippen LogP contribution in [0.5, 0.6) is 0 Å². The molecule has 2 saturated heterocycles. The lowest BCUT2D eigenvalue weighted by atomic mass is 10.0. The van der Waals surface area contributed by atoms with E-state index in [0.29, 0.717) is 42.6 Å². The zero-order valence-electron chi connectivity index (χ0n) is 20.6. The minimum absolute atomic E-state index is 0.0688. The van der Waals surface area contributed by atoms with Crippen molar-refractivity contribution in [2.24, 2.45) is 0 Å². The smallest absolute Gasteiger partial charge is 0.289 e. The second-order valence-corrected chi connectivity index (χ2v) is 11.0. The van der Waals surface area contributed by atoms with E-state index in [9.17, 15) is 9.35 Å². The lowest BCUT2D eigenvalue weighted by Gasteiger charge is -2.37. The number of fused-ring (bicyclic) bond motifs is 1. The predicted molar refractivity (Wildman–Crippen MR) is 141 cm³/mol. The second-order valence-electron chi connectivity index (χ2n) is 9.44. The van der Waals surface area contributed by atoms with Crippen LogP contribution in [0.1, 0.15) is 33.7 Å². The number of hydrogen-bond acceptors (Lipinski definition) is 8. The molecule has 0 aliphatic carbocycles. The van der Waals surface area contributed by atoms with E-state index in [1.54, 1.807) is 0 Å². The summed E-state index contributed by atoms with van der Waals surface area (Å²) in [7, 11) is 0. The van der Waals surface area contributed by atoms with Gasteiger partial charge in [0.1, 0.15) is 29.1 Å². The summed E-state index contributed by atoms with van der Waals surface area (Å²) in [6, 6.07) is 15.9. The maximum atomic E-state index is 13.1. The number of aryl methyl sites for hydroxylation is 2. The third-order valence-corrected chi connectivity index (χ3v) is 8.44. The van der Waals surface area contributed by atoms with E-state index in [4.69, 9.17) is 14.2 Å². The molecule has 2 aliphatic heterocycles. The molecule has 0 bridgehead atoms. The highest BCUT2D eigenvalue weighted by Gasteiger charge is 2.34. The molecule has 4 heterocycles. The Morgan fingerprint density at radius 3 is 2.68 bits per heavy atom. The minimum atomic E-state index is -0.863. The van der Waals surface area contributed by atoms with Crippen LogP contribution in [0.25, 0.3) is 22.0 Å². The topological polar surface area (TPSA) is 116 Å². The molecule has 1 atom stereocenters. The van der Waals surface area contributed by atoms with E-state index in [-0.39, 0.29) is 23.8 Å². The maximum absolute atomic E-state index is 13.1. The summed E-state index contributed by atoms with van der Waals surface area (Å²) in [4.78, 5) is 24.8. The number of hydrogen-bond donors (Lipinski definition) is 1. The van der Waals surface area contributed by atoms with Gasteiger partial charge in [-0.05, 0) is 48.3 Å². The van der Waals surface area contributed by atoms with Gasteiger partial charge < -0.3 is 24.0 Å². The summed E-state index contributed by atoms with van der Waals surface area (Å²) in [5, 5.41) is 7.88. The molecule has 37 heavy (non-hydrogen) atoms. The molecule has 2 aromatic carbocycles. The number of benzene rings is 2. The first-order valence-electron chi connectivity index (χ1n) is 12.3. The fourth-order valence-electron chi connectivity index (χ4n) is 5.03. The van der Waals surface area contributed by atoms with Gasteiger partial charge in [-0.2, -0.15) is 0 Å². The number of morpholine rings is 1. The highest BCUT2D eigenvalue weighted by atomic mass is 32.2. The summed E-state index contributed by atoms with van der Waals surface area (Å²) in [6.45, 7) is 5.49. The standard InChI is InChI=1S/C27H27N5O4S/c1-16-24(17(2)36-31-16)19-8-9-22-21(12-19)26(30-25(29-22)27(33)28-20-14-37(34)15-20)32-10-11-35-13-23(32)18-6-4-3-5-7-18/h3-9,12,20,23H,10-11,13-15H2,1-2H3,(H,28,33)/t20?,23-,37?/m1/s1. The van der Waals surface area contributed by atoms with Crippen LogP contribution >= 0.6 is 0 Å². The average Bonchev–Trinajstić information content (AvgIpc) is 3.24. The van der Waals surface area contributed by atoms with Crippen LogP contribution in [0.2, 0.25) is 0 Å². The molecule has 2 aliphatic rings. The van der Waals surface area contributed by atoms with Gasteiger partial charge in [0.2, 0.25) is 5.82 Å². The van der Waals surface area contributed by atoms with Gasteiger partial charge in [-0.1, -0.05) is 41.6 Å². The van der Waals surface area contributed by atoms with Gasteiger partial charge in [-0.15, -0.1) is 0 Å². The fraction of sp³-hybridized carbons (Fsp3) is 0.333. The monoisotopic (exact) mass is 517 g/mol. The van der Waals surface area contributed by atoms with Crippen LogP contribution in [0.15, 0.2) is 53.1 Å². The van der Waals surface area contributed by atoms with Crippen molar-refractivity contribution in [3.63, 3.8) is 0 Å². The minimum Gasteiger partial charge on any atom is -0.616 e. The number of nitrogens with one attached hydrogen (secondary N) is 1. The van der Waals surface area contributed by atoms with Crippen molar-refractivity contribution in [2.75, 3.05) is 36.2 Å². The number of aromatic nitrogens is 3. The van der Waals surface area contributed by atoms with Gasteiger partial charge >= 0.3 is 0 Å². The Balaban J connectivity index is 1.48. The molecule has 9 nitrogen and oxygen atoms in total. The van der Waals surface area contributed by atoms with Gasteiger partial charge in [0.25, 0.3) is 5.91 Å². The molecule has 0 unspecified atom stereocenters. The molecule has 2 aromatic heterocycles. The Bertz CT molecular complexity index is 1430.